The molecule has 1 aliphatic rings. The third-order valence-corrected chi connectivity index (χ3v) is 4.98. The third-order valence-electron chi connectivity index (χ3n) is 4.98. The van der Waals surface area contributed by atoms with E-state index in [2.05, 4.69) is 14.7 Å². The molecule has 1 saturated heterocycles. The van der Waals surface area contributed by atoms with Gasteiger partial charge in [-0.05, 0) is 36.1 Å². The van der Waals surface area contributed by atoms with Crippen molar-refractivity contribution < 1.29 is 32.4 Å². The number of rotatable bonds is 3. The maximum absolute atomic E-state index is 12.6. The highest BCUT2D eigenvalue weighted by molar-refractivity contribution is 6.05. The van der Waals surface area contributed by atoms with Crippen molar-refractivity contribution in [3.05, 3.63) is 30.2 Å². The van der Waals surface area contributed by atoms with E-state index in [0.717, 1.165) is 0 Å². The van der Waals surface area contributed by atoms with E-state index in [1.165, 1.54) is 29.2 Å². The number of benzene rings is 1. The predicted molar refractivity (Wildman–Crippen MR) is 91.3 cm³/mol. The number of aliphatic carboxylic acids is 1. The fourth-order valence-corrected chi connectivity index (χ4v) is 3.54. The Bertz CT molecular complexity index is 915. The van der Waals surface area contributed by atoms with Crippen LogP contribution in [0.15, 0.2) is 28.8 Å². The molecule has 1 atom stereocenters. The number of aromatic nitrogens is 2. The Labute approximate surface area is 158 Å². The van der Waals surface area contributed by atoms with Gasteiger partial charge in [-0.2, -0.15) is 18.2 Å². The van der Waals surface area contributed by atoms with Gasteiger partial charge >= 0.3 is 18.0 Å². The van der Waals surface area contributed by atoms with Gasteiger partial charge in [-0.25, -0.2) is 4.79 Å². The lowest BCUT2D eigenvalue weighted by Crippen LogP contribution is -2.60. The van der Waals surface area contributed by atoms with E-state index in [4.69, 9.17) is 0 Å². The zero-order valence-corrected chi connectivity index (χ0v) is 15.4. The lowest BCUT2D eigenvalue weighted by molar-refractivity contribution is -0.159. The Kier molecular flexibility index (Phi) is 4.48. The van der Waals surface area contributed by atoms with Crippen LogP contribution in [-0.4, -0.2) is 32.7 Å². The van der Waals surface area contributed by atoms with Gasteiger partial charge in [-0.15, -0.1) is 0 Å². The number of carboxylic acid groups (broad SMARTS) is 1. The van der Waals surface area contributed by atoms with Crippen LogP contribution in [0.2, 0.25) is 0 Å². The molecule has 10 heteroatoms. The van der Waals surface area contributed by atoms with Crippen molar-refractivity contribution in [2.45, 2.75) is 45.3 Å². The summed E-state index contributed by atoms with van der Waals surface area (Å²) in [5.41, 5.74) is -1.60. The highest BCUT2D eigenvalue weighted by Gasteiger charge is 2.59. The molecule has 1 amide bonds. The predicted octanol–water partition coefficient (Wildman–Crippen LogP) is 3.75. The van der Waals surface area contributed by atoms with Crippen LogP contribution in [-0.2, 0) is 15.8 Å². The quantitative estimate of drug-likeness (QED) is 0.847. The van der Waals surface area contributed by atoms with Crippen molar-refractivity contribution >= 4 is 17.6 Å². The smallest absolute Gasteiger partial charge is 0.471 e. The zero-order valence-electron chi connectivity index (χ0n) is 15.4. The number of alkyl halides is 3. The van der Waals surface area contributed by atoms with Crippen molar-refractivity contribution in [3.8, 4) is 11.4 Å². The van der Waals surface area contributed by atoms with Crippen molar-refractivity contribution in [1.82, 2.24) is 10.1 Å². The molecule has 0 aliphatic carbocycles. The van der Waals surface area contributed by atoms with E-state index in [-0.39, 0.29) is 30.1 Å². The summed E-state index contributed by atoms with van der Waals surface area (Å²) in [5, 5.41) is 13.2. The highest BCUT2D eigenvalue weighted by Crippen LogP contribution is 2.47. The van der Waals surface area contributed by atoms with Crippen LogP contribution in [0.4, 0.5) is 18.9 Å². The minimum absolute atomic E-state index is 0.0884. The third kappa shape index (κ3) is 3.02. The van der Waals surface area contributed by atoms with Crippen LogP contribution in [0, 0.1) is 5.41 Å². The molecule has 2 aromatic rings. The van der Waals surface area contributed by atoms with Crippen LogP contribution < -0.4 is 4.90 Å². The maximum Gasteiger partial charge on any atom is 0.471 e. The van der Waals surface area contributed by atoms with Crippen LogP contribution in [0.1, 0.15) is 39.5 Å². The highest BCUT2D eigenvalue weighted by atomic mass is 19.4. The zero-order chi connectivity index (χ0) is 20.9. The molecule has 1 aliphatic heterocycles. The van der Waals surface area contributed by atoms with E-state index in [9.17, 15) is 27.9 Å². The summed E-state index contributed by atoms with van der Waals surface area (Å²) in [6.07, 6.45) is -4.50. The first-order valence-corrected chi connectivity index (χ1v) is 8.46. The fraction of sp³-hybridized carbons (Fsp3) is 0.444. The molecular formula is C18H18F3N3O4. The first kappa shape index (κ1) is 19.8. The Morgan fingerprint density at radius 2 is 1.82 bits per heavy atom. The molecule has 1 N–H and O–H groups in total. The number of hydrogen-bond acceptors (Lipinski definition) is 5. The van der Waals surface area contributed by atoms with E-state index in [1.807, 2.05) is 0 Å². The Morgan fingerprint density at radius 1 is 1.21 bits per heavy atom. The lowest BCUT2D eigenvalue weighted by Gasteiger charge is -2.44. The molecule has 0 radical (unpaired) electrons. The lowest BCUT2D eigenvalue weighted by atomic mass is 9.71. The molecule has 7 nitrogen and oxygen atoms in total. The number of nitrogens with zero attached hydrogens (tertiary/aromatic N) is 3. The number of halogens is 3. The van der Waals surface area contributed by atoms with Gasteiger partial charge in [0, 0.05) is 17.7 Å². The van der Waals surface area contributed by atoms with Gasteiger partial charge in [-0.1, -0.05) is 25.9 Å². The number of anilines is 1. The number of carbonyl (C=O) groups is 2. The van der Waals surface area contributed by atoms with Gasteiger partial charge in [0.05, 0.1) is 0 Å². The first-order chi connectivity index (χ1) is 12.9. The van der Waals surface area contributed by atoms with Gasteiger partial charge in [0.25, 0.3) is 0 Å². The normalized spacial score (nSPS) is 20.6. The Balaban J connectivity index is 1.99. The molecule has 1 aromatic heterocycles. The second-order valence-corrected chi connectivity index (χ2v) is 7.61. The van der Waals surface area contributed by atoms with Gasteiger partial charge in [-0.3, -0.25) is 9.69 Å². The first-order valence-electron chi connectivity index (χ1n) is 8.46. The Morgan fingerprint density at radius 3 is 2.29 bits per heavy atom. The van der Waals surface area contributed by atoms with Gasteiger partial charge in [0.2, 0.25) is 11.7 Å². The molecule has 0 bridgehead atoms. The maximum atomic E-state index is 12.6. The van der Waals surface area contributed by atoms with Crippen LogP contribution in [0.3, 0.4) is 0 Å². The minimum atomic E-state index is -4.75. The molecule has 3 rings (SSSR count). The molecule has 1 fully saturated rings. The minimum Gasteiger partial charge on any atom is -0.479 e. The van der Waals surface area contributed by atoms with Crippen LogP contribution in [0.25, 0.3) is 11.4 Å². The number of carboxylic acids is 1. The standard InChI is InChI=1S/C18H18F3N3O4/c1-16(2,3)17(15(26)27)9-8-12(25)24(17)11-6-4-10(5-7-11)13-22-14(28-23-13)18(19,20)21/h4-7H,8-9H2,1-3H3,(H,26,27). The fourth-order valence-electron chi connectivity index (χ4n) is 3.54. The average molecular weight is 397 g/mol. The van der Waals surface area contributed by atoms with Gasteiger partial charge in [0.15, 0.2) is 0 Å². The number of hydrogen-bond donors (Lipinski definition) is 1. The van der Waals surface area contributed by atoms with E-state index < -0.39 is 29.0 Å². The van der Waals surface area contributed by atoms with Crippen molar-refractivity contribution in [3.63, 3.8) is 0 Å². The Hall–Kier alpha value is -2.91. The average Bonchev–Trinajstić information content (AvgIpc) is 3.19. The summed E-state index contributed by atoms with van der Waals surface area (Å²) in [6.45, 7) is 5.25. The SMILES string of the molecule is CC(C)(C)C1(C(=O)O)CCC(=O)N1c1ccc(-c2noc(C(F)(F)F)n2)cc1. The molecule has 1 aromatic carbocycles. The molecule has 0 saturated carbocycles. The summed E-state index contributed by atoms with van der Waals surface area (Å²) in [5.74, 6) is -3.15. The summed E-state index contributed by atoms with van der Waals surface area (Å²) in [6, 6.07) is 5.76. The molecule has 28 heavy (non-hydrogen) atoms. The second-order valence-electron chi connectivity index (χ2n) is 7.61. The van der Waals surface area contributed by atoms with Gasteiger partial charge in [0.1, 0.15) is 5.54 Å². The number of carbonyl (C=O) groups excluding carboxylic acids is 1. The monoisotopic (exact) mass is 397 g/mol. The second kappa shape index (κ2) is 6.32. The number of amides is 1. The van der Waals surface area contributed by atoms with Crippen molar-refractivity contribution in [2.24, 2.45) is 5.41 Å². The topological polar surface area (TPSA) is 96.5 Å². The van der Waals surface area contributed by atoms with Gasteiger partial charge < -0.3 is 9.63 Å². The molecule has 150 valence electrons. The summed E-state index contributed by atoms with van der Waals surface area (Å²) < 4.78 is 42.0. The molecular weight excluding hydrogens is 379 g/mol. The van der Waals surface area contributed by atoms with Crippen LogP contribution in [0.5, 0.6) is 0 Å². The molecule has 1 unspecified atom stereocenters. The largest absolute Gasteiger partial charge is 0.479 e. The summed E-state index contributed by atoms with van der Waals surface area (Å²) >= 11 is 0. The van der Waals surface area contributed by atoms with Crippen molar-refractivity contribution in [1.29, 1.82) is 0 Å². The summed E-state index contributed by atoms with van der Waals surface area (Å²) in [7, 11) is 0. The molecule has 0 spiro atoms. The van der Waals surface area contributed by atoms with Crippen LogP contribution >= 0.6 is 0 Å². The molecule has 2 heterocycles. The van der Waals surface area contributed by atoms with E-state index >= 15 is 0 Å². The van der Waals surface area contributed by atoms with E-state index in [1.54, 1.807) is 20.8 Å². The van der Waals surface area contributed by atoms with Crippen molar-refractivity contribution in [2.75, 3.05) is 4.90 Å². The summed E-state index contributed by atoms with van der Waals surface area (Å²) in [4.78, 5) is 29.2. The van der Waals surface area contributed by atoms with E-state index in [0.29, 0.717) is 5.69 Å².